The predicted octanol–water partition coefficient (Wildman–Crippen LogP) is 3.18. The van der Waals surface area contributed by atoms with Gasteiger partial charge in [-0.1, -0.05) is 24.3 Å². The Labute approximate surface area is 146 Å². The molecule has 1 saturated heterocycles. The zero-order valence-corrected chi connectivity index (χ0v) is 15.0. The molecule has 1 aromatic rings. The van der Waals surface area contributed by atoms with Gasteiger partial charge in [0.25, 0.3) is 0 Å². The number of allylic oxidation sites excluding steroid dienone is 2. The van der Waals surface area contributed by atoms with Crippen LogP contribution in [0.4, 0.5) is 0 Å². The molecule has 1 heterocycles. The first-order valence-corrected chi connectivity index (χ1v) is 9.09. The number of benzene rings is 1. The molecule has 3 rings (SSSR count). The zero-order valence-electron chi connectivity index (χ0n) is 15.0. The first kappa shape index (κ1) is 17.3. The summed E-state index contributed by atoms with van der Waals surface area (Å²) in [5.41, 5.74) is 1.21. The van der Waals surface area contributed by atoms with Gasteiger partial charge in [0.05, 0.1) is 14.2 Å². The molecule has 132 valence electrons. The van der Waals surface area contributed by atoms with Crippen molar-refractivity contribution in [3.05, 3.63) is 35.9 Å². The van der Waals surface area contributed by atoms with E-state index in [9.17, 15) is 0 Å². The van der Waals surface area contributed by atoms with Gasteiger partial charge in [0.1, 0.15) is 0 Å². The highest BCUT2D eigenvalue weighted by Gasteiger charge is 2.21. The van der Waals surface area contributed by atoms with Gasteiger partial charge < -0.3 is 14.4 Å². The third-order valence-corrected chi connectivity index (χ3v) is 5.24. The molecule has 0 bridgehead atoms. The highest BCUT2D eigenvalue weighted by Crippen LogP contribution is 2.31. The van der Waals surface area contributed by atoms with E-state index < -0.39 is 0 Å². The van der Waals surface area contributed by atoms with Crippen LogP contribution in [-0.2, 0) is 6.54 Å². The van der Waals surface area contributed by atoms with Gasteiger partial charge in [0.15, 0.2) is 11.5 Å². The molecule has 0 radical (unpaired) electrons. The van der Waals surface area contributed by atoms with E-state index in [1.54, 1.807) is 14.2 Å². The molecular formula is C20H30N2O2. The summed E-state index contributed by atoms with van der Waals surface area (Å²) >= 11 is 0. The van der Waals surface area contributed by atoms with Crippen molar-refractivity contribution in [1.29, 1.82) is 0 Å². The summed E-state index contributed by atoms with van der Waals surface area (Å²) in [6.07, 6.45) is 8.58. The summed E-state index contributed by atoms with van der Waals surface area (Å²) in [6.45, 7) is 6.80. The number of rotatable bonds is 6. The number of para-hydroxylation sites is 1. The average Bonchev–Trinajstić information content (AvgIpc) is 2.64. The molecule has 1 fully saturated rings. The highest BCUT2D eigenvalue weighted by molar-refractivity contribution is 5.46. The smallest absolute Gasteiger partial charge is 0.165 e. The molecular weight excluding hydrogens is 300 g/mol. The minimum Gasteiger partial charge on any atom is -0.493 e. The first-order chi connectivity index (χ1) is 11.8. The van der Waals surface area contributed by atoms with Crippen LogP contribution in [0.2, 0.25) is 0 Å². The van der Waals surface area contributed by atoms with E-state index in [0.29, 0.717) is 0 Å². The topological polar surface area (TPSA) is 24.9 Å². The molecule has 0 N–H and O–H groups in total. The third kappa shape index (κ3) is 4.31. The molecule has 0 aromatic heterocycles. The van der Waals surface area contributed by atoms with Crippen LogP contribution in [-0.4, -0.2) is 56.7 Å². The fraction of sp³-hybridized carbons (Fsp3) is 0.600. The van der Waals surface area contributed by atoms with Crippen LogP contribution in [0, 0.1) is 5.92 Å². The Bertz CT molecular complexity index is 551. The van der Waals surface area contributed by atoms with E-state index in [-0.39, 0.29) is 0 Å². The maximum Gasteiger partial charge on any atom is 0.165 e. The van der Waals surface area contributed by atoms with Crippen LogP contribution in [0.25, 0.3) is 0 Å². The fourth-order valence-electron chi connectivity index (χ4n) is 3.84. The third-order valence-electron chi connectivity index (χ3n) is 5.24. The summed E-state index contributed by atoms with van der Waals surface area (Å²) in [7, 11) is 3.42. The van der Waals surface area contributed by atoms with Crippen molar-refractivity contribution in [2.75, 3.05) is 46.9 Å². The number of methoxy groups -OCH3 is 2. The molecule has 1 aromatic carbocycles. The molecule has 0 saturated carbocycles. The lowest BCUT2D eigenvalue weighted by Gasteiger charge is -2.37. The molecule has 24 heavy (non-hydrogen) atoms. The molecule has 4 nitrogen and oxygen atoms in total. The Morgan fingerprint density at radius 3 is 2.46 bits per heavy atom. The van der Waals surface area contributed by atoms with Crippen LogP contribution >= 0.6 is 0 Å². The van der Waals surface area contributed by atoms with Gasteiger partial charge in [-0.25, -0.2) is 0 Å². The van der Waals surface area contributed by atoms with Gasteiger partial charge in [0.2, 0.25) is 0 Å². The largest absolute Gasteiger partial charge is 0.493 e. The first-order valence-electron chi connectivity index (χ1n) is 9.09. The van der Waals surface area contributed by atoms with E-state index in [1.165, 1.54) is 44.5 Å². The van der Waals surface area contributed by atoms with Gasteiger partial charge >= 0.3 is 0 Å². The van der Waals surface area contributed by atoms with Gasteiger partial charge in [-0.2, -0.15) is 0 Å². The number of hydrogen-bond acceptors (Lipinski definition) is 4. The minimum absolute atomic E-state index is 0.819. The normalized spacial score (nSPS) is 22.5. The SMILES string of the molecule is COc1cccc(CN2CCN(C[C@@H]3CC=CCC3)CC2)c1OC. The maximum absolute atomic E-state index is 5.56. The van der Waals surface area contributed by atoms with Crippen molar-refractivity contribution >= 4 is 0 Å². The number of ether oxygens (including phenoxy) is 2. The lowest BCUT2D eigenvalue weighted by atomic mass is 9.94. The van der Waals surface area contributed by atoms with Crippen molar-refractivity contribution in [2.24, 2.45) is 5.92 Å². The molecule has 2 aliphatic rings. The molecule has 0 spiro atoms. The summed E-state index contributed by atoms with van der Waals surface area (Å²) < 4.78 is 11.0. The van der Waals surface area contributed by atoms with Gasteiger partial charge in [0, 0.05) is 44.8 Å². The maximum atomic E-state index is 5.56. The summed E-state index contributed by atoms with van der Waals surface area (Å²) in [4.78, 5) is 5.16. The van der Waals surface area contributed by atoms with Crippen LogP contribution < -0.4 is 9.47 Å². The lowest BCUT2D eigenvalue weighted by molar-refractivity contribution is 0.110. The molecule has 1 aliphatic carbocycles. The Hall–Kier alpha value is -1.52. The summed E-state index contributed by atoms with van der Waals surface area (Å²) in [5.74, 6) is 2.55. The highest BCUT2D eigenvalue weighted by atomic mass is 16.5. The van der Waals surface area contributed by atoms with Gasteiger partial charge in [-0.15, -0.1) is 0 Å². The Morgan fingerprint density at radius 2 is 1.79 bits per heavy atom. The Kier molecular flexibility index (Phi) is 6.16. The second-order valence-corrected chi connectivity index (χ2v) is 6.88. The van der Waals surface area contributed by atoms with Crippen molar-refractivity contribution in [2.45, 2.75) is 25.8 Å². The Morgan fingerprint density at radius 1 is 1.00 bits per heavy atom. The standard InChI is InChI=1S/C20H30N2O2/c1-23-19-10-6-9-18(20(19)24-2)16-22-13-11-21(12-14-22)15-17-7-4-3-5-8-17/h3-4,6,9-10,17H,5,7-8,11-16H2,1-2H3/t17-/m1/s1. The van der Waals surface area contributed by atoms with E-state index >= 15 is 0 Å². The number of nitrogens with zero attached hydrogens (tertiary/aromatic N) is 2. The lowest BCUT2D eigenvalue weighted by Crippen LogP contribution is -2.47. The molecule has 4 heteroatoms. The van der Waals surface area contributed by atoms with Crippen LogP contribution in [0.5, 0.6) is 11.5 Å². The van der Waals surface area contributed by atoms with Crippen molar-refractivity contribution in [3.8, 4) is 11.5 Å². The molecule has 0 unspecified atom stereocenters. The van der Waals surface area contributed by atoms with Crippen LogP contribution in [0.1, 0.15) is 24.8 Å². The van der Waals surface area contributed by atoms with Crippen molar-refractivity contribution in [3.63, 3.8) is 0 Å². The minimum atomic E-state index is 0.819. The number of piperazine rings is 1. The molecule has 0 amide bonds. The zero-order chi connectivity index (χ0) is 16.8. The van der Waals surface area contributed by atoms with E-state index in [1.807, 2.05) is 12.1 Å². The van der Waals surface area contributed by atoms with Crippen molar-refractivity contribution < 1.29 is 9.47 Å². The van der Waals surface area contributed by atoms with Crippen molar-refractivity contribution in [1.82, 2.24) is 9.80 Å². The van der Waals surface area contributed by atoms with Crippen LogP contribution in [0.3, 0.4) is 0 Å². The quantitative estimate of drug-likeness (QED) is 0.748. The second kappa shape index (κ2) is 8.54. The Balaban J connectivity index is 1.51. The second-order valence-electron chi connectivity index (χ2n) is 6.88. The summed E-state index contributed by atoms with van der Waals surface area (Å²) in [6, 6.07) is 6.14. The van der Waals surface area contributed by atoms with Gasteiger partial charge in [-0.05, 0) is 31.2 Å². The molecule has 1 atom stereocenters. The van der Waals surface area contributed by atoms with E-state index in [2.05, 4.69) is 28.0 Å². The fourth-order valence-corrected chi connectivity index (χ4v) is 3.84. The number of hydrogen-bond donors (Lipinski definition) is 0. The molecule has 1 aliphatic heterocycles. The van der Waals surface area contributed by atoms with E-state index in [0.717, 1.165) is 37.1 Å². The van der Waals surface area contributed by atoms with E-state index in [4.69, 9.17) is 9.47 Å². The predicted molar refractivity (Wildman–Crippen MR) is 97.7 cm³/mol. The monoisotopic (exact) mass is 330 g/mol. The van der Waals surface area contributed by atoms with Gasteiger partial charge in [-0.3, -0.25) is 4.90 Å². The average molecular weight is 330 g/mol. The summed E-state index contributed by atoms with van der Waals surface area (Å²) in [5, 5.41) is 0. The van der Waals surface area contributed by atoms with Crippen LogP contribution in [0.15, 0.2) is 30.4 Å².